The van der Waals surface area contributed by atoms with Crippen LogP contribution < -0.4 is 0 Å². The minimum Gasteiger partial charge on any atom is -0.477 e. The highest BCUT2D eigenvalue weighted by Crippen LogP contribution is 2.17. The monoisotopic (exact) mass is 236 g/mol. The summed E-state index contributed by atoms with van der Waals surface area (Å²) in [5.41, 5.74) is 0.0648. The number of halogens is 4. The Labute approximate surface area is 87.2 Å². The zero-order chi connectivity index (χ0) is 12.8. The summed E-state index contributed by atoms with van der Waals surface area (Å²) in [5.74, 6) is -1.10. The molecule has 16 heavy (non-hydrogen) atoms. The highest BCUT2D eigenvalue weighted by molar-refractivity contribution is 6.50. The van der Waals surface area contributed by atoms with Gasteiger partial charge in [-0.1, -0.05) is 12.1 Å². The molecule has 86 valence electrons. The third-order valence-corrected chi connectivity index (χ3v) is 1.24. The van der Waals surface area contributed by atoms with Crippen molar-refractivity contribution in [3.8, 4) is 0 Å². The third-order valence-electron chi connectivity index (χ3n) is 1.24. The second kappa shape index (κ2) is 5.70. The first-order valence-electron chi connectivity index (χ1n) is 3.80. The van der Waals surface area contributed by atoms with Crippen molar-refractivity contribution in [2.45, 2.75) is 0 Å². The van der Waals surface area contributed by atoms with Gasteiger partial charge in [-0.15, -0.1) is 0 Å². The SMILES string of the molecule is F[B-](F)(F)F.N#[N+]c1ccccc1C(=O)O. The molecule has 1 rings (SSSR count). The summed E-state index contributed by atoms with van der Waals surface area (Å²) in [5, 5.41) is 16.9. The second-order valence-electron chi connectivity index (χ2n) is 2.42. The molecule has 0 atom stereocenters. The highest BCUT2D eigenvalue weighted by atomic mass is 19.5. The van der Waals surface area contributed by atoms with Crippen LogP contribution in [0.1, 0.15) is 10.4 Å². The summed E-state index contributed by atoms with van der Waals surface area (Å²) in [6, 6.07) is 5.96. The molecule has 4 nitrogen and oxygen atoms in total. The Hall–Kier alpha value is -2.11. The van der Waals surface area contributed by atoms with Gasteiger partial charge in [-0.25, -0.2) is 4.79 Å². The molecule has 0 aliphatic carbocycles. The standard InChI is InChI=1S/C7H4N2O2.BF4/c8-9-6-4-2-1-3-5(6)7(10)11;2-1(3,4)5/h1-4H;/q;-1/p+1. The molecule has 0 aliphatic rings. The number of carboxylic acid groups (broad SMARTS) is 1. The Kier molecular flexibility index (Phi) is 4.95. The lowest BCUT2D eigenvalue weighted by molar-refractivity contribution is 0.0698. The van der Waals surface area contributed by atoms with Crippen LogP contribution in [0.25, 0.3) is 4.98 Å². The minimum absolute atomic E-state index is 0.00463. The second-order valence-corrected chi connectivity index (χ2v) is 2.42. The van der Waals surface area contributed by atoms with E-state index in [4.69, 9.17) is 10.5 Å². The quantitative estimate of drug-likeness (QED) is 0.462. The Bertz CT molecular complexity index is 410. The average molecular weight is 236 g/mol. The average Bonchev–Trinajstić information content (AvgIpc) is 2.15. The molecule has 0 spiro atoms. The van der Waals surface area contributed by atoms with Crippen LogP contribution in [0.4, 0.5) is 23.0 Å². The maximum absolute atomic E-state index is 10.4. The molecular formula is C7H5BF4N2O2. The first kappa shape index (κ1) is 13.9. The van der Waals surface area contributed by atoms with Crippen molar-refractivity contribution in [2.75, 3.05) is 0 Å². The molecule has 1 N–H and O–H groups in total. The zero-order valence-electron chi connectivity index (χ0n) is 7.65. The van der Waals surface area contributed by atoms with Crippen LogP contribution in [0, 0.1) is 5.39 Å². The lowest BCUT2D eigenvalue weighted by Gasteiger charge is -1.94. The molecule has 0 bridgehead atoms. The van der Waals surface area contributed by atoms with E-state index in [1.807, 2.05) is 0 Å². The lowest BCUT2D eigenvalue weighted by Crippen LogP contribution is -2.02. The van der Waals surface area contributed by atoms with Crippen LogP contribution in [-0.2, 0) is 0 Å². The molecule has 1 aromatic rings. The summed E-state index contributed by atoms with van der Waals surface area (Å²) in [6.45, 7) is 0. The molecule has 0 amide bonds. The van der Waals surface area contributed by atoms with Gasteiger partial charge in [0.2, 0.25) is 5.39 Å². The van der Waals surface area contributed by atoms with Crippen molar-refractivity contribution in [3.63, 3.8) is 0 Å². The largest absolute Gasteiger partial charge is 0.673 e. The summed E-state index contributed by atoms with van der Waals surface area (Å²) < 4.78 is 39.0. The van der Waals surface area contributed by atoms with E-state index in [2.05, 4.69) is 4.98 Å². The molecule has 1 aromatic carbocycles. The van der Waals surface area contributed by atoms with E-state index < -0.39 is 13.2 Å². The van der Waals surface area contributed by atoms with Crippen molar-refractivity contribution in [1.82, 2.24) is 0 Å². The highest BCUT2D eigenvalue weighted by Gasteiger charge is 2.20. The van der Waals surface area contributed by atoms with E-state index in [-0.39, 0.29) is 11.3 Å². The fourth-order valence-electron chi connectivity index (χ4n) is 0.742. The van der Waals surface area contributed by atoms with Gasteiger partial charge in [0.1, 0.15) is 0 Å². The van der Waals surface area contributed by atoms with Crippen molar-refractivity contribution < 1.29 is 27.2 Å². The van der Waals surface area contributed by atoms with Gasteiger partial charge in [0.05, 0.1) is 0 Å². The number of aromatic carboxylic acids is 1. The fourth-order valence-corrected chi connectivity index (χ4v) is 0.742. The first-order valence-corrected chi connectivity index (χ1v) is 3.80. The van der Waals surface area contributed by atoms with Gasteiger partial charge in [-0.2, -0.15) is 0 Å². The molecule has 0 unspecified atom stereocenters. The van der Waals surface area contributed by atoms with Gasteiger partial charge in [-0.05, 0) is 6.07 Å². The summed E-state index contributed by atoms with van der Waals surface area (Å²) in [6.07, 6.45) is 0. The van der Waals surface area contributed by atoms with Crippen molar-refractivity contribution in [2.24, 2.45) is 0 Å². The van der Waals surface area contributed by atoms with Crippen LogP contribution in [0.3, 0.4) is 0 Å². The van der Waals surface area contributed by atoms with Crippen LogP contribution >= 0.6 is 0 Å². The number of carbonyl (C=O) groups is 1. The molecular weight excluding hydrogens is 231 g/mol. The topological polar surface area (TPSA) is 65.5 Å². The summed E-state index contributed by atoms with van der Waals surface area (Å²) in [4.78, 5) is 13.2. The Morgan fingerprint density at radius 1 is 1.25 bits per heavy atom. The zero-order valence-corrected chi connectivity index (χ0v) is 7.65. The number of nitrogens with zero attached hydrogens (tertiary/aromatic N) is 2. The van der Waals surface area contributed by atoms with E-state index in [1.54, 1.807) is 12.1 Å². The van der Waals surface area contributed by atoms with Crippen molar-refractivity contribution in [1.29, 1.82) is 5.39 Å². The predicted molar refractivity (Wildman–Crippen MR) is 48.3 cm³/mol. The Balaban J connectivity index is 0.000000385. The van der Waals surface area contributed by atoms with Crippen LogP contribution in [0.15, 0.2) is 24.3 Å². The first-order chi connectivity index (χ1) is 7.25. The van der Waals surface area contributed by atoms with Gasteiger partial charge in [0.15, 0.2) is 10.5 Å². The Morgan fingerprint density at radius 2 is 1.69 bits per heavy atom. The molecule has 9 heteroatoms. The van der Waals surface area contributed by atoms with Gasteiger partial charge < -0.3 is 22.4 Å². The van der Waals surface area contributed by atoms with Gasteiger partial charge in [0, 0.05) is 6.07 Å². The maximum Gasteiger partial charge on any atom is 0.673 e. The van der Waals surface area contributed by atoms with Crippen molar-refractivity contribution >= 4 is 18.9 Å². The maximum atomic E-state index is 10.4. The molecule has 0 saturated carbocycles. The van der Waals surface area contributed by atoms with Gasteiger partial charge in [-0.3, -0.25) is 0 Å². The summed E-state index contributed by atoms with van der Waals surface area (Å²) in [7, 11) is -6.00. The lowest BCUT2D eigenvalue weighted by atomic mass is 10.2. The minimum atomic E-state index is -6.00. The third kappa shape index (κ3) is 6.36. The van der Waals surface area contributed by atoms with E-state index in [0.717, 1.165) is 0 Å². The predicted octanol–water partition coefficient (Wildman–Crippen LogP) is 3.17. The van der Waals surface area contributed by atoms with Gasteiger partial charge in [0.25, 0.3) is 0 Å². The van der Waals surface area contributed by atoms with Crippen LogP contribution in [0.2, 0.25) is 0 Å². The Morgan fingerprint density at radius 3 is 2.00 bits per heavy atom. The molecule has 0 aliphatic heterocycles. The van der Waals surface area contributed by atoms with E-state index in [0.29, 0.717) is 0 Å². The molecule has 0 fully saturated rings. The van der Waals surface area contributed by atoms with Crippen LogP contribution in [-0.4, -0.2) is 18.3 Å². The van der Waals surface area contributed by atoms with E-state index >= 15 is 0 Å². The number of hydrogen-bond donors (Lipinski definition) is 1. The number of carboxylic acids is 1. The number of diazo groups is 1. The van der Waals surface area contributed by atoms with E-state index in [9.17, 15) is 22.1 Å². The number of rotatable bonds is 1. The van der Waals surface area contributed by atoms with Crippen molar-refractivity contribution in [3.05, 3.63) is 34.8 Å². The normalized spacial score (nSPS) is 9.69. The molecule has 0 heterocycles. The molecule has 0 aromatic heterocycles. The van der Waals surface area contributed by atoms with Gasteiger partial charge >= 0.3 is 18.9 Å². The fraction of sp³-hybridized carbons (Fsp3) is 0. The smallest absolute Gasteiger partial charge is 0.477 e. The molecule has 0 radical (unpaired) electrons. The summed E-state index contributed by atoms with van der Waals surface area (Å²) >= 11 is 0. The number of hydrogen-bond acceptors (Lipinski definition) is 2. The van der Waals surface area contributed by atoms with E-state index in [1.165, 1.54) is 12.1 Å². The molecule has 0 saturated heterocycles. The van der Waals surface area contributed by atoms with Crippen LogP contribution in [0.5, 0.6) is 0 Å². The number of benzene rings is 1.